The number of hydrogen-bond donors (Lipinski definition) is 0. The number of halogens is 7. The topological polar surface area (TPSA) is 82.4 Å². The van der Waals surface area contributed by atoms with E-state index in [0.29, 0.717) is 0 Å². The normalized spacial score (nSPS) is 13.7. The molecule has 0 aliphatic carbocycles. The lowest BCUT2D eigenvalue weighted by Crippen LogP contribution is -2.30. The first-order valence-electron chi connectivity index (χ1n) is 13.5. The SMILES string of the molecule is CCCCCC[P+](CCCCCC)(CCCCCC)C[Si](C)(C)Cl.O=S(=O)([N-]S(=O)(=O)C(F)(F)F)C(F)(F)F. The van der Waals surface area contributed by atoms with Crippen molar-refractivity contribution in [3.63, 3.8) is 0 Å². The average Bonchev–Trinajstić information content (AvgIpc) is 2.74. The highest BCUT2D eigenvalue weighted by Gasteiger charge is 2.47. The van der Waals surface area contributed by atoms with Crippen LogP contribution in [0, 0.1) is 0 Å². The first kappa shape index (κ1) is 41.5. The largest absolute Gasteiger partial charge is 0.480 e. The van der Waals surface area contributed by atoms with E-state index in [0.717, 1.165) is 4.13 Å². The van der Waals surface area contributed by atoms with Gasteiger partial charge in [0.25, 0.3) is 0 Å². The van der Waals surface area contributed by atoms with Crippen LogP contribution in [0.1, 0.15) is 97.8 Å². The number of sulfonamides is 2. The number of rotatable bonds is 19. The highest BCUT2D eigenvalue weighted by molar-refractivity contribution is 8.13. The lowest BCUT2D eigenvalue weighted by molar-refractivity contribution is -0.0444. The third-order valence-electron chi connectivity index (χ3n) is 5.95. The summed E-state index contributed by atoms with van der Waals surface area (Å²) in [4.78, 5) is 0. The minimum atomic E-state index is -6.72. The minimum Gasteiger partial charge on any atom is -0.421 e. The predicted octanol–water partition coefficient (Wildman–Crippen LogP) is 9.79. The number of unbranched alkanes of at least 4 members (excludes halogenated alkanes) is 9. The average molecular weight is 674 g/mol. The van der Waals surface area contributed by atoms with Crippen LogP contribution < -0.4 is 0 Å². The van der Waals surface area contributed by atoms with Gasteiger partial charge in [0.2, 0.25) is 0 Å². The van der Waals surface area contributed by atoms with Crippen molar-refractivity contribution in [2.75, 3.05) is 24.3 Å². The number of alkyl halides is 6. The third-order valence-corrected chi connectivity index (χ3v) is 19.3. The van der Waals surface area contributed by atoms with Crippen LogP contribution in [0.2, 0.25) is 13.1 Å². The molecule has 16 heteroatoms. The second kappa shape index (κ2) is 18.8. The Hall–Kier alpha value is 0.377. The van der Waals surface area contributed by atoms with Gasteiger partial charge in [0, 0.05) is 7.26 Å². The second-order valence-electron chi connectivity index (χ2n) is 10.5. The Morgan fingerprint density at radius 1 is 0.615 bits per heavy atom. The molecule has 5 nitrogen and oxygen atoms in total. The van der Waals surface area contributed by atoms with Crippen LogP contribution in [0.3, 0.4) is 0 Å². The van der Waals surface area contributed by atoms with Crippen molar-refractivity contribution in [2.45, 2.75) is 122 Å². The van der Waals surface area contributed by atoms with Crippen molar-refractivity contribution in [1.82, 2.24) is 0 Å². The Kier molecular flexibility index (Phi) is 20.0. The maximum absolute atomic E-state index is 11.4. The molecule has 0 atom stereocenters. The molecule has 0 N–H and O–H groups in total. The maximum atomic E-state index is 11.4. The fraction of sp³-hybridized carbons (Fsp3) is 1.00. The summed E-state index contributed by atoms with van der Waals surface area (Å²) in [6, 6.07) is 0. The molecule has 0 rings (SSSR count). The molecule has 0 aliphatic rings. The highest BCUT2D eigenvalue weighted by atomic mass is 35.6. The fourth-order valence-electron chi connectivity index (χ4n) is 4.21. The van der Waals surface area contributed by atoms with Gasteiger partial charge in [0.05, 0.1) is 24.3 Å². The first-order valence-corrected chi connectivity index (χ1v) is 23.1. The van der Waals surface area contributed by atoms with Gasteiger partial charge in [0.15, 0.2) is 27.4 Å². The second-order valence-corrected chi connectivity index (χ2v) is 25.7. The van der Waals surface area contributed by atoms with Crippen LogP contribution in [0.4, 0.5) is 26.3 Å². The summed E-state index contributed by atoms with van der Waals surface area (Å²) in [7, 11) is -15.7. The lowest BCUT2D eigenvalue weighted by Gasteiger charge is -2.32. The molecule has 0 fully saturated rings. The van der Waals surface area contributed by atoms with Gasteiger partial charge in [-0.3, -0.25) is 0 Å². The molecule has 0 aromatic rings. The van der Waals surface area contributed by atoms with Crippen molar-refractivity contribution >= 4 is 45.8 Å². The van der Waals surface area contributed by atoms with Gasteiger partial charge in [-0.1, -0.05) is 72.4 Å². The molecule has 0 aromatic carbocycles. The smallest absolute Gasteiger partial charge is 0.421 e. The third kappa shape index (κ3) is 19.2. The van der Waals surface area contributed by atoms with E-state index in [-0.39, 0.29) is 0 Å². The summed E-state index contributed by atoms with van der Waals surface area (Å²) >= 11 is 6.90. The van der Waals surface area contributed by atoms with E-state index >= 15 is 0 Å². The summed E-state index contributed by atoms with van der Waals surface area (Å²) in [6.45, 7) is 11.8. The molecule has 0 amide bonds. The van der Waals surface area contributed by atoms with E-state index < -0.39 is 45.7 Å². The maximum Gasteiger partial charge on any atom is 0.480 e. The van der Waals surface area contributed by atoms with Crippen molar-refractivity contribution in [2.24, 2.45) is 0 Å². The molecular formula is C23H47ClF6NO4PS2Si. The zero-order chi connectivity index (χ0) is 31.0. The summed E-state index contributed by atoms with van der Waals surface area (Å²) in [5, 5.41) is 0. The van der Waals surface area contributed by atoms with E-state index in [1.807, 2.05) is 0 Å². The molecule has 0 radical (unpaired) electrons. The molecule has 0 saturated carbocycles. The first-order chi connectivity index (χ1) is 17.6. The van der Waals surface area contributed by atoms with E-state index in [1.54, 1.807) is 18.5 Å². The summed E-state index contributed by atoms with van der Waals surface area (Å²) in [6.07, 6.45) is 21.8. The molecule has 0 saturated heterocycles. The van der Waals surface area contributed by atoms with Crippen LogP contribution in [-0.2, 0) is 20.0 Å². The molecule has 39 heavy (non-hydrogen) atoms. The molecule has 0 aromatic heterocycles. The Morgan fingerprint density at radius 2 is 0.897 bits per heavy atom. The molecule has 0 unspecified atom stereocenters. The molecular weight excluding hydrogens is 627 g/mol. The van der Waals surface area contributed by atoms with Crippen LogP contribution in [0.5, 0.6) is 0 Å². The summed E-state index contributed by atoms with van der Waals surface area (Å²) in [5.41, 5.74) is -12.4. The summed E-state index contributed by atoms with van der Waals surface area (Å²) in [5.74, 6) is 1.45. The number of hydrogen-bond acceptors (Lipinski definition) is 4. The van der Waals surface area contributed by atoms with Gasteiger partial charge >= 0.3 is 11.0 Å². The van der Waals surface area contributed by atoms with Gasteiger partial charge in [-0.15, -0.1) is 0 Å². The lowest BCUT2D eigenvalue weighted by atomic mass is 10.2. The molecule has 0 bridgehead atoms. The van der Waals surface area contributed by atoms with Crippen LogP contribution in [0.15, 0.2) is 0 Å². The van der Waals surface area contributed by atoms with Gasteiger partial charge in [-0.05, 0) is 38.5 Å². The highest BCUT2D eigenvalue weighted by Crippen LogP contribution is 2.62. The van der Waals surface area contributed by atoms with E-state index in [4.69, 9.17) is 11.1 Å². The van der Waals surface area contributed by atoms with Gasteiger partial charge in [-0.25, -0.2) is 16.8 Å². The van der Waals surface area contributed by atoms with E-state index in [1.165, 1.54) is 82.8 Å². The predicted molar refractivity (Wildman–Crippen MR) is 155 cm³/mol. The Labute approximate surface area is 238 Å². The van der Waals surface area contributed by atoms with E-state index in [9.17, 15) is 43.2 Å². The fourth-order valence-corrected chi connectivity index (χ4v) is 19.8. The Morgan fingerprint density at radius 3 is 1.10 bits per heavy atom. The van der Waals surface area contributed by atoms with Crippen LogP contribution in [0.25, 0.3) is 4.13 Å². The van der Waals surface area contributed by atoms with Crippen LogP contribution >= 0.6 is 18.3 Å². The molecule has 238 valence electrons. The Bertz CT molecular complexity index is 794. The van der Waals surface area contributed by atoms with Gasteiger partial charge in [-0.2, -0.15) is 37.4 Å². The van der Waals surface area contributed by atoms with Crippen molar-refractivity contribution in [3.8, 4) is 0 Å². The molecule has 0 spiro atoms. The Balaban J connectivity index is 0. The molecule has 0 heterocycles. The van der Waals surface area contributed by atoms with Crippen LogP contribution in [-0.4, -0.2) is 59.5 Å². The molecule has 0 aliphatic heterocycles. The standard InChI is InChI=1S/C21H47ClPSi.C2F6NO4S2/c1-6-9-12-15-18-23(21-24(4,5)22,19-16-13-10-7-2)20-17-14-11-8-3;3-1(4,5)14(10,11)9-15(12,13)2(6,7)8/h6-21H2,1-5H3;/q+1;-1. The van der Waals surface area contributed by atoms with Crippen molar-refractivity contribution in [1.29, 1.82) is 0 Å². The van der Waals surface area contributed by atoms with E-state index in [2.05, 4.69) is 33.9 Å². The van der Waals surface area contributed by atoms with Gasteiger partial charge < -0.3 is 4.13 Å². The quantitative estimate of drug-likeness (QED) is 0.0449. The minimum absolute atomic E-state index is 0.778. The summed E-state index contributed by atoms with van der Waals surface area (Å²) < 4.78 is 109. The zero-order valence-corrected chi connectivity index (χ0v) is 28.1. The zero-order valence-electron chi connectivity index (χ0n) is 23.8. The van der Waals surface area contributed by atoms with Gasteiger partial charge in [0.1, 0.15) is 0 Å². The number of nitrogens with zero attached hydrogens (tertiary/aromatic N) is 1. The monoisotopic (exact) mass is 673 g/mol. The van der Waals surface area contributed by atoms with Crippen molar-refractivity contribution in [3.05, 3.63) is 4.13 Å². The van der Waals surface area contributed by atoms with Crippen molar-refractivity contribution < 1.29 is 43.2 Å².